The van der Waals surface area contributed by atoms with E-state index in [4.69, 9.17) is 4.74 Å². The molecule has 0 saturated carbocycles. The van der Waals surface area contributed by atoms with Crippen LogP contribution in [-0.2, 0) is 9.53 Å². The van der Waals surface area contributed by atoms with E-state index in [9.17, 15) is 4.79 Å². The van der Waals surface area contributed by atoms with Crippen LogP contribution in [0.25, 0.3) is 17.0 Å². The number of hydrogen-bond acceptors (Lipinski definition) is 2. The van der Waals surface area contributed by atoms with Gasteiger partial charge in [-0.15, -0.1) is 0 Å². The lowest BCUT2D eigenvalue weighted by molar-refractivity contribution is -0.137. The lowest BCUT2D eigenvalue weighted by atomic mass is 10.2. The van der Waals surface area contributed by atoms with Gasteiger partial charge in [-0.3, -0.25) is 0 Å². The number of nitrogens with one attached hydrogen (secondary N) is 1. The second kappa shape index (κ2) is 5.19. The number of aromatic nitrogens is 1. The number of aromatic amines is 1. The molecule has 0 aliphatic heterocycles. The van der Waals surface area contributed by atoms with Crippen molar-refractivity contribution in [1.82, 2.24) is 4.98 Å². The van der Waals surface area contributed by atoms with E-state index >= 15 is 0 Å². The van der Waals surface area contributed by atoms with Crippen molar-refractivity contribution in [3.05, 3.63) is 40.5 Å². The van der Waals surface area contributed by atoms with Gasteiger partial charge in [-0.05, 0) is 37.3 Å². The maximum absolute atomic E-state index is 11.2. The maximum atomic E-state index is 11.2. The van der Waals surface area contributed by atoms with E-state index in [0.717, 1.165) is 21.1 Å². The predicted octanol–water partition coefficient (Wildman–Crippen LogP) is 3.51. The summed E-state index contributed by atoms with van der Waals surface area (Å²) in [5, 5.41) is 1.10. The number of benzene rings is 1. The van der Waals surface area contributed by atoms with Crippen molar-refractivity contribution in [2.45, 2.75) is 6.92 Å². The normalized spacial score (nSPS) is 11.2. The lowest BCUT2D eigenvalue weighted by Gasteiger charge is -1.93. The van der Waals surface area contributed by atoms with Gasteiger partial charge in [0.25, 0.3) is 0 Å². The molecule has 17 heavy (non-hydrogen) atoms. The number of rotatable bonds is 3. The van der Waals surface area contributed by atoms with Crippen LogP contribution in [0.2, 0.25) is 0 Å². The van der Waals surface area contributed by atoms with Crippen LogP contribution in [0.5, 0.6) is 0 Å². The Morgan fingerprint density at radius 3 is 3.06 bits per heavy atom. The smallest absolute Gasteiger partial charge is 0.330 e. The number of halogens is 1. The van der Waals surface area contributed by atoms with E-state index in [0.29, 0.717) is 6.61 Å². The summed E-state index contributed by atoms with van der Waals surface area (Å²) >= 11 is 3.42. The molecule has 0 spiro atoms. The summed E-state index contributed by atoms with van der Waals surface area (Å²) in [6, 6.07) is 7.96. The number of fused-ring (bicyclic) bond motifs is 1. The Kier molecular flexibility index (Phi) is 3.64. The van der Waals surface area contributed by atoms with E-state index in [1.807, 2.05) is 24.3 Å². The summed E-state index contributed by atoms with van der Waals surface area (Å²) in [7, 11) is 0. The molecule has 0 fully saturated rings. The first kappa shape index (κ1) is 11.9. The topological polar surface area (TPSA) is 42.1 Å². The quantitative estimate of drug-likeness (QED) is 0.695. The number of carbonyl (C=O) groups is 1. The molecule has 2 aromatic rings. The van der Waals surface area contributed by atoms with Crippen LogP contribution in [0.15, 0.2) is 34.8 Å². The van der Waals surface area contributed by atoms with Crippen molar-refractivity contribution in [3.63, 3.8) is 0 Å². The monoisotopic (exact) mass is 293 g/mol. The second-order valence-corrected chi connectivity index (χ2v) is 4.46. The molecule has 88 valence electrons. The summed E-state index contributed by atoms with van der Waals surface area (Å²) < 4.78 is 5.84. The number of ether oxygens (including phenoxy) is 1. The minimum atomic E-state index is -0.327. The summed E-state index contributed by atoms with van der Waals surface area (Å²) in [6.45, 7) is 2.18. The third kappa shape index (κ3) is 2.97. The molecule has 1 aromatic heterocycles. The molecule has 4 heteroatoms. The minimum absolute atomic E-state index is 0.327. The third-order valence-electron chi connectivity index (χ3n) is 2.29. The minimum Gasteiger partial charge on any atom is -0.463 e. The van der Waals surface area contributed by atoms with Gasteiger partial charge in [0.15, 0.2) is 0 Å². The van der Waals surface area contributed by atoms with Gasteiger partial charge in [0.2, 0.25) is 0 Å². The van der Waals surface area contributed by atoms with Crippen LogP contribution in [0.1, 0.15) is 12.6 Å². The first-order valence-electron chi connectivity index (χ1n) is 5.32. The van der Waals surface area contributed by atoms with Gasteiger partial charge in [0.1, 0.15) is 0 Å². The van der Waals surface area contributed by atoms with E-state index in [1.54, 1.807) is 13.0 Å². The summed E-state index contributed by atoms with van der Waals surface area (Å²) in [6.07, 6.45) is 3.13. The van der Waals surface area contributed by atoms with E-state index in [1.165, 1.54) is 6.08 Å². The second-order valence-electron chi connectivity index (χ2n) is 3.54. The average Bonchev–Trinajstić information content (AvgIpc) is 2.68. The Balaban J connectivity index is 2.22. The fraction of sp³-hybridized carbons (Fsp3) is 0.154. The zero-order valence-corrected chi connectivity index (χ0v) is 11.0. The van der Waals surface area contributed by atoms with Crippen LogP contribution < -0.4 is 0 Å². The first-order valence-corrected chi connectivity index (χ1v) is 6.11. The fourth-order valence-electron chi connectivity index (χ4n) is 1.56. The molecule has 1 heterocycles. The van der Waals surface area contributed by atoms with Gasteiger partial charge < -0.3 is 9.72 Å². The first-order chi connectivity index (χ1) is 8.19. The fourth-order valence-corrected chi connectivity index (χ4v) is 1.94. The summed E-state index contributed by atoms with van der Waals surface area (Å²) in [4.78, 5) is 14.4. The zero-order chi connectivity index (χ0) is 12.3. The Labute approximate surface area is 108 Å². The van der Waals surface area contributed by atoms with Gasteiger partial charge in [0, 0.05) is 27.1 Å². The molecule has 0 unspecified atom stereocenters. The van der Waals surface area contributed by atoms with E-state index < -0.39 is 0 Å². The van der Waals surface area contributed by atoms with Crippen LogP contribution in [-0.4, -0.2) is 17.6 Å². The number of hydrogen-bond donors (Lipinski definition) is 1. The molecule has 1 N–H and O–H groups in total. The van der Waals surface area contributed by atoms with Crippen molar-refractivity contribution in [1.29, 1.82) is 0 Å². The largest absolute Gasteiger partial charge is 0.463 e. The van der Waals surface area contributed by atoms with E-state index in [-0.39, 0.29) is 5.97 Å². The summed E-state index contributed by atoms with van der Waals surface area (Å²) in [5.74, 6) is -0.327. The Bertz CT molecular complexity index is 572. The number of H-pyrrole nitrogens is 1. The third-order valence-corrected chi connectivity index (χ3v) is 2.78. The SMILES string of the molecule is CCOC(=O)/C=C/c1cc2cc(Br)ccc2[nH]1. The predicted molar refractivity (Wildman–Crippen MR) is 71.7 cm³/mol. The molecule has 0 saturated heterocycles. The highest BCUT2D eigenvalue weighted by atomic mass is 79.9. The van der Waals surface area contributed by atoms with Crippen LogP contribution in [0, 0.1) is 0 Å². The Morgan fingerprint density at radius 1 is 1.47 bits per heavy atom. The molecule has 0 bridgehead atoms. The van der Waals surface area contributed by atoms with Gasteiger partial charge in [0.05, 0.1) is 6.61 Å². The highest BCUT2D eigenvalue weighted by Gasteiger charge is 2.00. The highest BCUT2D eigenvalue weighted by Crippen LogP contribution is 2.20. The van der Waals surface area contributed by atoms with Crippen LogP contribution in [0.4, 0.5) is 0 Å². The molecule has 2 rings (SSSR count). The van der Waals surface area contributed by atoms with Crippen LogP contribution >= 0.6 is 15.9 Å². The Morgan fingerprint density at radius 2 is 2.29 bits per heavy atom. The molecule has 0 radical (unpaired) electrons. The average molecular weight is 294 g/mol. The van der Waals surface area contributed by atoms with Crippen molar-refractivity contribution in [2.24, 2.45) is 0 Å². The van der Waals surface area contributed by atoms with Crippen LogP contribution in [0.3, 0.4) is 0 Å². The molecular formula is C13H12BrNO2. The molecule has 3 nitrogen and oxygen atoms in total. The van der Waals surface area contributed by atoms with Crippen molar-refractivity contribution in [3.8, 4) is 0 Å². The summed E-state index contributed by atoms with van der Waals surface area (Å²) in [5.41, 5.74) is 1.92. The van der Waals surface area contributed by atoms with Crippen molar-refractivity contribution >= 4 is 38.9 Å². The number of carbonyl (C=O) groups excluding carboxylic acids is 1. The standard InChI is InChI=1S/C13H12BrNO2/c1-2-17-13(16)6-4-11-8-9-7-10(14)3-5-12(9)15-11/h3-8,15H,2H2,1H3/b6-4+. The van der Waals surface area contributed by atoms with Gasteiger partial charge in [-0.2, -0.15) is 0 Å². The molecule has 1 aromatic carbocycles. The van der Waals surface area contributed by atoms with Gasteiger partial charge in [-0.1, -0.05) is 15.9 Å². The molecule has 0 aliphatic carbocycles. The van der Waals surface area contributed by atoms with Gasteiger partial charge >= 0.3 is 5.97 Å². The molecule has 0 amide bonds. The zero-order valence-electron chi connectivity index (χ0n) is 9.37. The number of esters is 1. The highest BCUT2D eigenvalue weighted by molar-refractivity contribution is 9.10. The van der Waals surface area contributed by atoms with Crippen molar-refractivity contribution in [2.75, 3.05) is 6.61 Å². The Hall–Kier alpha value is -1.55. The van der Waals surface area contributed by atoms with E-state index in [2.05, 4.69) is 20.9 Å². The van der Waals surface area contributed by atoms with Gasteiger partial charge in [-0.25, -0.2) is 4.79 Å². The molecule has 0 aliphatic rings. The molecular weight excluding hydrogens is 282 g/mol. The molecule has 0 atom stereocenters. The maximum Gasteiger partial charge on any atom is 0.330 e. The van der Waals surface area contributed by atoms with Crippen molar-refractivity contribution < 1.29 is 9.53 Å². The lowest BCUT2D eigenvalue weighted by Crippen LogP contribution is -1.98.